The van der Waals surface area contributed by atoms with Gasteiger partial charge in [0.05, 0.1) is 30.4 Å². The molecule has 3 heterocycles. The van der Waals surface area contributed by atoms with Gasteiger partial charge in [0.25, 0.3) is 0 Å². The number of hydrogen-bond donors (Lipinski definition) is 1. The van der Waals surface area contributed by atoms with Gasteiger partial charge in [-0.15, -0.1) is 11.3 Å². The highest BCUT2D eigenvalue weighted by molar-refractivity contribution is 7.10. The molecule has 2 aliphatic rings. The van der Waals surface area contributed by atoms with Crippen molar-refractivity contribution >= 4 is 29.1 Å². The Kier molecular flexibility index (Phi) is 7.80. The van der Waals surface area contributed by atoms with E-state index < -0.39 is 23.8 Å². The molecule has 2 aromatic rings. The minimum atomic E-state index is -0.989. The third kappa shape index (κ3) is 4.80. The van der Waals surface area contributed by atoms with Crippen LogP contribution >= 0.6 is 11.3 Å². The first kappa shape index (κ1) is 24.9. The van der Waals surface area contributed by atoms with Crippen molar-refractivity contribution < 1.29 is 23.9 Å². The Hall–Kier alpha value is -3.26. The maximum Gasteiger partial charge on any atom is 0.336 e. The molecule has 184 valence electrons. The summed E-state index contributed by atoms with van der Waals surface area (Å²) in [6, 6.07) is 9.30. The van der Waals surface area contributed by atoms with E-state index in [0.717, 1.165) is 22.7 Å². The molecule has 35 heavy (non-hydrogen) atoms. The fraction of sp³-hybridized carbons (Fsp3) is 0.407. The van der Waals surface area contributed by atoms with E-state index in [1.165, 1.54) is 11.3 Å². The lowest BCUT2D eigenvalue weighted by Crippen LogP contribution is -2.43. The fourth-order valence-electron chi connectivity index (χ4n) is 4.96. The molecule has 0 saturated heterocycles. The predicted molar refractivity (Wildman–Crippen MR) is 133 cm³/mol. The number of rotatable bonds is 8. The van der Waals surface area contributed by atoms with Crippen molar-refractivity contribution in [2.45, 2.75) is 51.9 Å². The number of hydrogen-bond acceptors (Lipinski definition) is 8. The van der Waals surface area contributed by atoms with Gasteiger partial charge in [0.15, 0.2) is 5.78 Å². The van der Waals surface area contributed by atoms with E-state index in [1.54, 1.807) is 32.2 Å². The second-order valence-corrected chi connectivity index (χ2v) is 9.47. The maximum atomic E-state index is 14.2. The first-order valence-electron chi connectivity index (χ1n) is 12.1. The molecule has 0 bridgehead atoms. The van der Waals surface area contributed by atoms with Gasteiger partial charge in [-0.1, -0.05) is 25.5 Å². The molecule has 4 rings (SSSR count). The lowest BCUT2D eigenvalue weighted by molar-refractivity contribution is -0.152. The van der Waals surface area contributed by atoms with Crippen molar-refractivity contribution in [2.24, 2.45) is 5.92 Å². The number of carbonyl (C=O) groups is 3. The summed E-state index contributed by atoms with van der Waals surface area (Å²) in [6.07, 6.45) is 3.52. The van der Waals surface area contributed by atoms with E-state index in [4.69, 9.17) is 9.47 Å². The molecule has 1 N–H and O–H groups in total. The summed E-state index contributed by atoms with van der Waals surface area (Å²) >= 11 is 1.52. The van der Waals surface area contributed by atoms with Crippen LogP contribution in [0.3, 0.4) is 0 Å². The van der Waals surface area contributed by atoms with Crippen LogP contribution in [0.15, 0.2) is 64.4 Å². The zero-order valence-corrected chi connectivity index (χ0v) is 21.0. The van der Waals surface area contributed by atoms with Crippen LogP contribution in [-0.4, -0.2) is 35.9 Å². The largest absolute Gasteiger partial charge is 0.465 e. The average molecular weight is 495 g/mol. The summed E-state index contributed by atoms with van der Waals surface area (Å²) in [5.41, 5.74) is 2.84. The van der Waals surface area contributed by atoms with Crippen molar-refractivity contribution in [1.29, 1.82) is 0 Å². The van der Waals surface area contributed by atoms with Crippen LogP contribution in [0.25, 0.3) is 0 Å². The van der Waals surface area contributed by atoms with E-state index in [0.29, 0.717) is 29.7 Å². The number of aromatic nitrogens is 1. The molecule has 0 spiro atoms. The van der Waals surface area contributed by atoms with Crippen LogP contribution < -0.4 is 5.32 Å². The Morgan fingerprint density at radius 3 is 2.54 bits per heavy atom. The number of nitrogens with one attached hydrogen (secondary N) is 1. The van der Waals surface area contributed by atoms with Crippen molar-refractivity contribution in [3.8, 4) is 0 Å². The molecule has 2 aromatic heterocycles. The van der Waals surface area contributed by atoms with E-state index in [2.05, 4.69) is 10.3 Å². The highest BCUT2D eigenvalue weighted by Crippen LogP contribution is 2.48. The van der Waals surface area contributed by atoms with Crippen molar-refractivity contribution in [3.05, 3.63) is 75.0 Å². The zero-order valence-electron chi connectivity index (χ0n) is 20.2. The highest BCUT2D eigenvalue weighted by atomic mass is 32.1. The van der Waals surface area contributed by atoms with Gasteiger partial charge in [-0.25, -0.2) is 4.79 Å². The van der Waals surface area contributed by atoms with Crippen molar-refractivity contribution in [1.82, 2.24) is 10.3 Å². The Labute approximate surface area is 209 Å². The van der Waals surface area contributed by atoms with Crippen LogP contribution in [-0.2, 0) is 23.9 Å². The van der Waals surface area contributed by atoms with Gasteiger partial charge in [0.1, 0.15) is 5.92 Å². The lowest BCUT2D eigenvalue weighted by Gasteiger charge is -2.39. The molecule has 1 aliphatic heterocycles. The van der Waals surface area contributed by atoms with Crippen LogP contribution in [0.4, 0.5) is 0 Å². The molecule has 0 radical (unpaired) electrons. The van der Waals surface area contributed by atoms with Crippen LogP contribution in [0.2, 0.25) is 0 Å². The molecule has 8 heteroatoms. The normalized spacial score (nSPS) is 21.9. The van der Waals surface area contributed by atoms with Crippen LogP contribution in [0, 0.1) is 5.92 Å². The van der Waals surface area contributed by atoms with Gasteiger partial charge >= 0.3 is 11.9 Å². The molecule has 0 saturated carbocycles. The number of thiophene rings is 1. The number of dihydropyridines is 1. The molecular formula is C27H30N2O5S. The number of Topliss-reactive ketones (excluding diaryl/α,β-unsaturated/α-hetero) is 1. The summed E-state index contributed by atoms with van der Waals surface area (Å²) in [4.78, 5) is 46.0. The fourth-order valence-corrected chi connectivity index (χ4v) is 5.83. The number of esters is 2. The van der Waals surface area contributed by atoms with E-state index in [9.17, 15) is 14.4 Å². The van der Waals surface area contributed by atoms with E-state index >= 15 is 0 Å². The summed E-state index contributed by atoms with van der Waals surface area (Å²) in [6.45, 7) is 5.91. The van der Waals surface area contributed by atoms with Gasteiger partial charge in [-0.2, -0.15) is 0 Å². The minimum absolute atomic E-state index is 0.183. The number of pyridine rings is 1. The maximum absolute atomic E-state index is 14.2. The van der Waals surface area contributed by atoms with Crippen molar-refractivity contribution in [3.63, 3.8) is 0 Å². The first-order chi connectivity index (χ1) is 17.0. The van der Waals surface area contributed by atoms with Gasteiger partial charge in [0.2, 0.25) is 0 Å². The Morgan fingerprint density at radius 2 is 1.91 bits per heavy atom. The number of nitrogens with zero attached hydrogens (tertiary/aromatic N) is 1. The van der Waals surface area contributed by atoms with E-state index in [-0.39, 0.29) is 24.9 Å². The molecule has 1 aliphatic carbocycles. The standard InChI is InChI=1S/C27H30N2O5S/c1-4-10-18-24(27(32)34-6-3)22(17-11-7-8-13-28-17)23-19(29-18)15-16(20-12-9-14-35-20)21(25(23)30)26(31)33-5-2/h7-9,11-14,16,21-22,29H,4-6,10,15H2,1-3H3/t16-,21+,22+/m1/s1. The monoisotopic (exact) mass is 494 g/mol. The molecule has 7 nitrogen and oxygen atoms in total. The van der Waals surface area contributed by atoms with Crippen molar-refractivity contribution in [2.75, 3.05) is 13.2 Å². The SMILES string of the molecule is CCCC1=C(C(=O)OCC)[C@@H](c2ccccn2)C2=C(C[C@H](c3cccs3)[C@H](C(=O)OCC)C2=O)N1. The zero-order chi connectivity index (χ0) is 24.9. The Morgan fingerprint density at radius 1 is 1.11 bits per heavy atom. The molecule has 0 amide bonds. The summed E-state index contributed by atoms with van der Waals surface area (Å²) in [5.74, 6) is -3.40. The van der Waals surface area contributed by atoms with E-state index in [1.807, 2.05) is 30.5 Å². The van der Waals surface area contributed by atoms with Gasteiger partial charge in [-0.05, 0) is 50.3 Å². The van der Waals surface area contributed by atoms with Gasteiger partial charge < -0.3 is 14.8 Å². The lowest BCUT2D eigenvalue weighted by atomic mass is 9.68. The van der Waals surface area contributed by atoms with Gasteiger partial charge in [0, 0.05) is 34.0 Å². The average Bonchev–Trinajstić information content (AvgIpc) is 3.39. The number of ketones is 1. The third-order valence-corrected chi connectivity index (χ3v) is 7.34. The topological polar surface area (TPSA) is 94.6 Å². The molecule has 0 fully saturated rings. The molecular weight excluding hydrogens is 464 g/mol. The second-order valence-electron chi connectivity index (χ2n) is 8.49. The number of carbonyl (C=O) groups excluding carboxylic acids is 3. The Balaban J connectivity index is 1.90. The Bertz CT molecular complexity index is 1150. The molecule has 0 unspecified atom stereocenters. The summed E-state index contributed by atoms with van der Waals surface area (Å²) in [7, 11) is 0. The number of ether oxygens (including phenoxy) is 2. The smallest absolute Gasteiger partial charge is 0.336 e. The summed E-state index contributed by atoms with van der Waals surface area (Å²) in [5, 5.41) is 5.36. The molecule has 3 atom stereocenters. The highest BCUT2D eigenvalue weighted by Gasteiger charge is 2.49. The van der Waals surface area contributed by atoms with Gasteiger partial charge in [-0.3, -0.25) is 14.6 Å². The first-order valence-corrected chi connectivity index (χ1v) is 12.9. The predicted octanol–water partition coefficient (Wildman–Crippen LogP) is 4.64. The van der Waals surface area contributed by atoms with Crippen LogP contribution in [0.5, 0.6) is 0 Å². The summed E-state index contributed by atoms with van der Waals surface area (Å²) < 4.78 is 10.8. The third-order valence-electron chi connectivity index (χ3n) is 6.33. The second kappa shape index (κ2) is 11.0. The number of allylic oxidation sites excluding steroid dienone is 3. The quantitative estimate of drug-likeness (QED) is 0.422. The minimum Gasteiger partial charge on any atom is -0.465 e. The van der Waals surface area contributed by atoms with Crippen LogP contribution in [0.1, 0.15) is 62.4 Å². The molecule has 0 aromatic carbocycles.